The number of amides is 1. The Bertz CT molecular complexity index is 300. The van der Waals surface area contributed by atoms with Gasteiger partial charge in [-0.3, -0.25) is 4.79 Å². The molecule has 0 spiro atoms. The van der Waals surface area contributed by atoms with Gasteiger partial charge in [-0.1, -0.05) is 4.49 Å². The van der Waals surface area contributed by atoms with E-state index in [0.29, 0.717) is 17.1 Å². The summed E-state index contributed by atoms with van der Waals surface area (Å²) in [5.41, 5.74) is 0.657. The van der Waals surface area contributed by atoms with Crippen molar-refractivity contribution < 1.29 is 4.79 Å². The summed E-state index contributed by atoms with van der Waals surface area (Å²) in [7, 11) is 0. The van der Waals surface area contributed by atoms with E-state index >= 15 is 0 Å². The molecule has 1 aromatic rings. The normalized spacial score (nSPS) is 12.5. The molecule has 1 heterocycles. The largest absolute Gasteiger partial charge is 0.350 e. The second kappa shape index (κ2) is 4.53. The Morgan fingerprint density at radius 1 is 1.77 bits per heavy atom. The predicted octanol–water partition coefficient (Wildman–Crippen LogP) is 1.20. The van der Waals surface area contributed by atoms with Crippen LogP contribution in [0.25, 0.3) is 0 Å². The molecule has 1 unspecified atom stereocenters. The average molecular weight is 220 g/mol. The summed E-state index contributed by atoms with van der Waals surface area (Å²) in [4.78, 5) is 11.9. The SMILES string of the molecule is Cc1nnsc1C(=O)NCC(C)Cl. The van der Waals surface area contributed by atoms with E-state index in [1.54, 1.807) is 6.92 Å². The zero-order valence-corrected chi connectivity index (χ0v) is 8.95. The van der Waals surface area contributed by atoms with Crippen molar-refractivity contribution in [2.24, 2.45) is 0 Å². The van der Waals surface area contributed by atoms with Crippen LogP contribution in [0.3, 0.4) is 0 Å². The first-order valence-corrected chi connectivity index (χ1v) is 5.03. The van der Waals surface area contributed by atoms with Crippen LogP contribution in [0.5, 0.6) is 0 Å². The lowest BCUT2D eigenvalue weighted by Crippen LogP contribution is -2.28. The highest BCUT2D eigenvalue weighted by molar-refractivity contribution is 7.07. The first-order valence-electron chi connectivity index (χ1n) is 3.82. The highest BCUT2D eigenvalue weighted by Crippen LogP contribution is 2.08. The Morgan fingerprint density at radius 2 is 2.46 bits per heavy atom. The molecule has 1 aromatic heterocycles. The van der Waals surface area contributed by atoms with Crippen molar-refractivity contribution in [3.05, 3.63) is 10.6 Å². The van der Waals surface area contributed by atoms with Crippen LogP contribution in [-0.2, 0) is 0 Å². The van der Waals surface area contributed by atoms with Crippen molar-refractivity contribution in [2.75, 3.05) is 6.54 Å². The van der Waals surface area contributed by atoms with Crippen LogP contribution in [0.15, 0.2) is 0 Å². The monoisotopic (exact) mass is 219 g/mol. The minimum Gasteiger partial charge on any atom is -0.350 e. The van der Waals surface area contributed by atoms with E-state index in [2.05, 4.69) is 14.9 Å². The van der Waals surface area contributed by atoms with E-state index in [-0.39, 0.29) is 11.3 Å². The number of aryl methyl sites for hydroxylation is 1. The smallest absolute Gasteiger partial charge is 0.264 e. The van der Waals surface area contributed by atoms with Gasteiger partial charge in [-0.25, -0.2) is 0 Å². The van der Waals surface area contributed by atoms with Gasteiger partial charge >= 0.3 is 0 Å². The molecule has 72 valence electrons. The first-order chi connectivity index (χ1) is 6.11. The van der Waals surface area contributed by atoms with Gasteiger partial charge in [-0.05, 0) is 25.4 Å². The predicted molar refractivity (Wildman–Crippen MR) is 52.3 cm³/mol. The van der Waals surface area contributed by atoms with E-state index in [1.807, 2.05) is 6.92 Å². The van der Waals surface area contributed by atoms with E-state index in [4.69, 9.17) is 11.6 Å². The molecule has 0 fully saturated rings. The maximum absolute atomic E-state index is 11.4. The lowest BCUT2D eigenvalue weighted by molar-refractivity contribution is 0.0957. The Labute approximate surface area is 85.5 Å². The molecule has 0 radical (unpaired) electrons. The zero-order chi connectivity index (χ0) is 9.84. The molecule has 1 amide bonds. The summed E-state index contributed by atoms with van der Waals surface area (Å²) in [6.45, 7) is 4.03. The van der Waals surface area contributed by atoms with E-state index in [9.17, 15) is 4.79 Å². The van der Waals surface area contributed by atoms with Gasteiger partial charge in [0.1, 0.15) is 4.88 Å². The number of halogens is 1. The fourth-order valence-corrected chi connectivity index (χ4v) is 1.40. The number of aromatic nitrogens is 2. The number of alkyl halides is 1. The van der Waals surface area contributed by atoms with Crippen molar-refractivity contribution in [1.29, 1.82) is 0 Å². The second-order valence-corrected chi connectivity index (χ2v) is 4.18. The number of hydrogen-bond acceptors (Lipinski definition) is 4. The number of rotatable bonds is 3. The third kappa shape index (κ3) is 2.93. The molecule has 0 saturated carbocycles. The zero-order valence-electron chi connectivity index (χ0n) is 7.37. The molecule has 0 saturated heterocycles. The van der Waals surface area contributed by atoms with Crippen molar-refractivity contribution in [3.63, 3.8) is 0 Å². The fourth-order valence-electron chi connectivity index (χ4n) is 0.753. The summed E-state index contributed by atoms with van der Waals surface area (Å²) in [6, 6.07) is 0. The lowest BCUT2D eigenvalue weighted by atomic mass is 10.3. The van der Waals surface area contributed by atoms with Gasteiger partial charge in [-0.2, -0.15) is 0 Å². The minimum atomic E-state index is -0.153. The van der Waals surface area contributed by atoms with E-state index in [1.165, 1.54) is 0 Å². The van der Waals surface area contributed by atoms with Gasteiger partial charge in [0.2, 0.25) is 0 Å². The minimum absolute atomic E-state index is 0.0647. The maximum atomic E-state index is 11.4. The van der Waals surface area contributed by atoms with E-state index in [0.717, 1.165) is 11.5 Å². The summed E-state index contributed by atoms with van der Waals surface area (Å²) in [5, 5.41) is 6.36. The Balaban J connectivity index is 2.54. The molecule has 13 heavy (non-hydrogen) atoms. The Kier molecular flexibility index (Phi) is 3.62. The van der Waals surface area contributed by atoms with E-state index < -0.39 is 0 Å². The van der Waals surface area contributed by atoms with Gasteiger partial charge < -0.3 is 5.32 Å². The molecule has 0 aromatic carbocycles. The summed E-state index contributed by atoms with van der Waals surface area (Å²) >= 11 is 6.77. The maximum Gasteiger partial charge on any atom is 0.264 e. The molecule has 6 heteroatoms. The molecular weight excluding hydrogens is 210 g/mol. The second-order valence-electron chi connectivity index (χ2n) is 2.68. The summed E-state index contributed by atoms with van der Waals surface area (Å²) in [5.74, 6) is -0.153. The van der Waals surface area contributed by atoms with Gasteiger partial charge in [0.15, 0.2) is 0 Å². The van der Waals surface area contributed by atoms with Crippen LogP contribution in [0.4, 0.5) is 0 Å². The van der Waals surface area contributed by atoms with Gasteiger partial charge in [0.05, 0.1) is 5.69 Å². The van der Waals surface area contributed by atoms with Gasteiger partial charge in [0.25, 0.3) is 5.91 Å². The number of hydrogen-bond donors (Lipinski definition) is 1. The number of carbonyl (C=O) groups excluding carboxylic acids is 1. The fraction of sp³-hybridized carbons (Fsp3) is 0.571. The number of nitrogens with zero attached hydrogens (tertiary/aromatic N) is 2. The van der Waals surface area contributed by atoms with Crippen molar-refractivity contribution in [1.82, 2.24) is 14.9 Å². The lowest BCUT2D eigenvalue weighted by Gasteiger charge is -2.03. The molecule has 0 aliphatic carbocycles. The highest BCUT2D eigenvalue weighted by atomic mass is 35.5. The average Bonchev–Trinajstić information content (AvgIpc) is 2.47. The molecule has 1 rings (SSSR count). The number of nitrogens with one attached hydrogen (secondary N) is 1. The third-order valence-electron chi connectivity index (χ3n) is 1.40. The van der Waals surface area contributed by atoms with Gasteiger partial charge in [0, 0.05) is 11.9 Å². The molecule has 0 aliphatic rings. The molecule has 4 nitrogen and oxygen atoms in total. The molecule has 1 atom stereocenters. The third-order valence-corrected chi connectivity index (χ3v) is 2.38. The van der Waals surface area contributed by atoms with Crippen LogP contribution >= 0.6 is 23.1 Å². The topological polar surface area (TPSA) is 54.9 Å². The van der Waals surface area contributed by atoms with Gasteiger partial charge in [-0.15, -0.1) is 16.7 Å². The molecule has 1 N–H and O–H groups in total. The van der Waals surface area contributed by atoms with Crippen LogP contribution in [0, 0.1) is 6.92 Å². The first kappa shape index (κ1) is 10.4. The quantitative estimate of drug-likeness (QED) is 0.778. The van der Waals surface area contributed by atoms with Crippen molar-refractivity contribution in [2.45, 2.75) is 19.2 Å². The highest BCUT2D eigenvalue weighted by Gasteiger charge is 2.12. The molecular formula is C7H10ClN3OS. The Morgan fingerprint density at radius 3 is 2.92 bits per heavy atom. The van der Waals surface area contributed by atoms with Crippen LogP contribution in [-0.4, -0.2) is 27.4 Å². The van der Waals surface area contributed by atoms with Crippen LogP contribution in [0.1, 0.15) is 22.3 Å². The summed E-state index contributed by atoms with van der Waals surface area (Å²) < 4.78 is 3.67. The molecule has 0 aliphatic heterocycles. The van der Waals surface area contributed by atoms with Crippen molar-refractivity contribution in [3.8, 4) is 0 Å². The summed E-state index contributed by atoms with van der Waals surface area (Å²) in [6.07, 6.45) is 0. The van der Waals surface area contributed by atoms with Crippen LogP contribution < -0.4 is 5.32 Å². The number of carbonyl (C=O) groups is 1. The van der Waals surface area contributed by atoms with Crippen molar-refractivity contribution >= 4 is 29.0 Å². The van der Waals surface area contributed by atoms with Crippen LogP contribution in [0.2, 0.25) is 0 Å². The molecule has 0 bridgehead atoms. The standard InChI is InChI=1S/C7H10ClN3OS/c1-4(8)3-9-7(12)6-5(2)10-11-13-6/h4H,3H2,1-2H3,(H,9,12). The Hall–Kier alpha value is -0.680.